The molecule has 1 aromatic carbocycles. The zero-order valence-electron chi connectivity index (χ0n) is 13.3. The number of likely N-dealkylation sites (tertiary alicyclic amines) is 1. The summed E-state index contributed by atoms with van der Waals surface area (Å²) in [6.45, 7) is 6.90. The van der Waals surface area contributed by atoms with Crippen molar-refractivity contribution in [3.05, 3.63) is 29.8 Å². The zero-order valence-corrected chi connectivity index (χ0v) is 13.3. The maximum atomic E-state index is 12.4. The highest BCUT2D eigenvalue weighted by molar-refractivity contribution is 5.94. The van der Waals surface area contributed by atoms with E-state index < -0.39 is 5.97 Å². The van der Waals surface area contributed by atoms with Crippen LogP contribution in [0.25, 0.3) is 0 Å². The fourth-order valence-corrected chi connectivity index (χ4v) is 2.53. The van der Waals surface area contributed by atoms with Gasteiger partial charge in [-0.1, -0.05) is 0 Å². The topological polar surface area (TPSA) is 66.8 Å². The second-order valence-electron chi connectivity index (χ2n) is 6.64. The first-order valence-electron chi connectivity index (χ1n) is 7.57. The molecule has 1 amide bonds. The van der Waals surface area contributed by atoms with Gasteiger partial charge in [-0.25, -0.2) is 0 Å². The van der Waals surface area contributed by atoms with Gasteiger partial charge in [0.25, 0.3) is 5.91 Å². The molecular weight excluding hydrogens is 282 g/mol. The number of rotatable bonds is 3. The molecule has 1 N–H and O–H groups in total. The number of hydrogen-bond donors (Lipinski definition) is 1. The number of carbonyl (C=O) groups is 2. The first-order chi connectivity index (χ1) is 10.3. The van der Waals surface area contributed by atoms with Crippen LogP contribution in [0.4, 0.5) is 0 Å². The van der Waals surface area contributed by atoms with Gasteiger partial charge in [0.1, 0.15) is 11.4 Å². The van der Waals surface area contributed by atoms with Gasteiger partial charge in [0.2, 0.25) is 0 Å². The molecule has 0 atom stereocenters. The van der Waals surface area contributed by atoms with Gasteiger partial charge < -0.3 is 14.7 Å². The van der Waals surface area contributed by atoms with Crippen LogP contribution in [0.2, 0.25) is 0 Å². The summed E-state index contributed by atoms with van der Waals surface area (Å²) in [5, 5.41) is 8.99. The molecule has 0 bridgehead atoms. The minimum Gasteiger partial charge on any atom is -0.488 e. The van der Waals surface area contributed by atoms with Crippen molar-refractivity contribution in [1.29, 1.82) is 0 Å². The zero-order chi connectivity index (χ0) is 16.3. The summed E-state index contributed by atoms with van der Waals surface area (Å²) in [4.78, 5) is 25.1. The van der Waals surface area contributed by atoms with E-state index in [1.807, 2.05) is 20.8 Å². The number of carboxylic acids is 1. The van der Waals surface area contributed by atoms with Crippen LogP contribution < -0.4 is 4.74 Å². The van der Waals surface area contributed by atoms with Gasteiger partial charge >= 0.3 is 5.97 Å². The molecule has 5 heteroatoms. The molecule has 1 aliphatic rings. The lowest BCUT2D eigenvalue weighted by atomic mass is 9.96. The van der Waals surface area contributed by atoms with Crippen molar-refractivity contribution >= 4 is 11.9 Å². The molecule has 120 valence electrons. The molecule has 1 aliphatic heterocycles. The fraction of sp³-hybridized carbons (Fsp3) is 0.529. The van der Waals surface area contributed by atoms with Crippen molar-refractivity contribution in [2.45, 2.75) is 39.2 Å². The third-order valence-corrected chi connectivity index (χ3v) is 3.66. The largest absolute Gasteiger partial charge is 0.488 e. The molecule has 0 saturated carbocycles. The molecule has 1 heterocycles. The van der Waals surface area contributed by atoms with E-state index in [0.717, 1.165) is 5.75 Å². The summed E-state index contributed by atoms with van der Waals surface area (Å²) < 4.78 is 5.73. The molecular formula is C17H23NO4. The van der Waals surface area contributed by atoms with Gasteiger partial charge in [-0.15, -0.1) is 0 Å². The molecule has 1 saturated heterocycles. The lowest BCUT2D eigenvalue weighted by Gasteiger charge is -2.30. The highest BCUT2D eigenvalue weighted by atomic mass is 16.5. The Morgan fingerprint density at radius 1 is 1.14 bits per heavy atom. The van der Waals surface area contributed by atoms with E-state index in [1.165, 1.54) is 0 Å². The van der Waals surface area contributed by atoms with Crippen LogP contribution in [-0.4, -0.2) is 40.6 Å². The molecule has 1 fully saturated rings. The standard InChI is InChI=1S/C17H23NO4/c1-17(2,3)22-14-6-4-12(5-7-14)15(19)18-10-8-13(9-11-18)16(20)21/h4-7,13H,8-11H2,1-3H3,(H,20,21). The lowest BCUT2D eigenvalue weighted by Crippen LogP contribution is -2.40. The van der Waals surface area contributed by atoms with Crippen LogP contribution in [0.1, 0.15) is 44.0 Å². The Morgan fingerprint density at radius 2 is 1.68 bits per heavy atom. The maximum absolute atomic E-state index is 12.4. The maximum Gasteiger partial charge on any atom is 0.306 e. The summed E-state index contributed by atoms with van der Waals surface area (Å²) in [6, 6.07) is 7.10. The number of aliphatic carboxylic acids is 1. The Morgan fingerprint density at radius 3 is 2.14 bits per heavy atom. The van der Waals surface area contributed by atoms with Gasteiger partial charge in [-0.3, -0.25) is 9.59 Å². The lowest BCUT2D eigenvalue weighted by molar-refractivity contribution is -0.143. The predicted molar refractivity (Wildman–Crippen MR) is 83.1 cm³/mol. The highest BCUT2D eigenvalue weighted by Gasteiger charge is 2.27. The summed E-state index contributed by atoms with van der Waals surface area (Å²) in [6.07, 6.45) is 1.04. The minimum atomic E-state index is -0.768. The number of carboxylic acid groups (broad SMARTS) is 1. The van der Waals surface area contributed by atoms with Gasteiger partial charge in [-0.05, 0) is 57.9 Å². The fourth-order valence-electron chi connectivity index (χ4n) is 2.53. The number of amides is 1. The van der Waals surface area contributed by atoms with Crippen LogP contribution in [0.3, 0.4) is 0 Å². The number of nitrogens with zero attached hydrogens (tertiary/aromatic N) is 1. The van der Waals surface area contributed by atoms with E-state index in [9.17, 15) is 9.59 Å². The van der Waals surface area contributed by atoms with Gasteiger partial charge in [0, 0.05) is 18.7 Å². The van der Waals surface area contributed by atoms with Crippen LogP contribution >= 0.6 is 0 Å². The minimum absolute atomic E-state index is 0.0499. The number of hydrogen-bond acceptors (Lipinski definition) is 3. The van der Waals surface area contributed by atoms with E-state index in [1.54, 1.807) is 29.2 Å². The monoisotopic (exact) mass is 305 g/mol. The molecule has 22 heavy (non-hydrogen) atoms. The molecule has 5 nitrogen and oxygen atoms in total. The third-order valence-electron chi connectivity index (χ3n) is 3.66. The number of piperidine rings is 1. The van der Waals surface area contributed by atoms with Crippen molar-refractivity contribution in [2.24, 2.45) is 5.92 Å². The van der Waals surface area contributed by atoms with E-state index in [0.29, 0.717) is 31.5 Å². The Hall–Kier alpha value is -2.04. The van der Waals surface area contributed by atoms with E-state index in [-0.39, 0.29) is 17.4 Å². The molecule has 0 aromatic heterocycles. The Kier molecular flexibility index (Phi) is 4.74. The second-order valence-corrected chi connectivity index (χ2v) is 6.64. The van der Waals surface area contributed by atoms with Gasteiger partial charge in [-0.2, -0.15) is 0 Å². The van der Waals surface area contributed by atoms with Crippen molar-refractivity contribution in [3.63, 3.8) is 0 Å². The highest BCUT2D eigenvalue weighted by Crippen LogP contribution is 2.22. The normalized spacial score (nSPS) is 16.4. The molecule has 0 aliphatic carbocycles. The average Bonchev–Trinajstić information content (AvgIpc) is 2.46. The van der Waals surface area contributed by atoms with E-state index in [2.05, 4.69) is 0 Å². The Bertz CT molecular complexity index is 537. The average molecular weight is 305 g/mol. The van der Waals surface area contributed by atoms with Crippen molar-refractivity contribution in [2.75, 3.05) is 13.1 Å². The van der Waals surface area contributed by atoms with E-state index >= 15 is 0 Å². The van der Waals surface area contributed by atoms with Crippen LogP contribution in [-0.2, 0) is 4.79 Å². The van der Waals surface area contributed by atoms with E-state index in [4.69, 9.17) is 9.84 Å². The summed E-state index contributed by atoms with van der Waals surface area (Å²) in [5.41, 5.74) is 0.333. The second kappa shape index (κ2) is 6.38. The van der Waals surface area contributed by atoms with Crippen LogP contribution in [0, 0.1) is 5.92 Å². The van der Waals surface area contributed by atoms with Crippen molar-refractivity contribution in [3.8, 4) is 5.75 Å². The molecule has 1 aromatic rings. The first kappa shape index (κ1) is 16.3. The number of ether oxygens (including phenoxy) is 1. The molecule has 2 rings (SSSR count). The summed E-state index contributed by atoms with van der Waals surface area (Å²) in [7, 11) is 0. The Labute approximate surface area is 130 Å². The Balaban J connectivity index is 1.97. The predicted octanol–water partition coefficient (Wildman–Crippen LogP) is 2.80. The number of benzene rings is 1. The molecule has 0 spiro atoms. The van der Waals surface area contributed by atoms with Crippen LogP contribution in [0.5, 0.6) is 5.75 Å². The first-order valence-corrected chi connectivity index (χ1v) is 7.57. The van der Waals surface area contributed by atoms with Gasteiger partial charge in [0.05, 0.1) is 5.92 Å². The van der Waals surface area contributed by atoms with Crippen molar-refractivity contribution in [1.82, 2.24) is 4.90 Å². The van der Waals surface area contributed by atoms with Crippen molar-refractivity contribution < 1.29 is 19.4 Å². The third kappa shape index (κ3) is 4.23. The van der Waals surface area contributed by atoms with Gasteiger partial charge in [0.15, 0.2) is 0 Å². The molecule has 0 radical (unpaired) electrons. The summed E-state index contributed by atoms with van der Waals surface area (Å²) in [5.74, 6) is -0.415. The SMILES string of the molecule is CC(C)(C)Oc1ccc(C(=O)N2CCC(C(=O)O)CC2)cc1. The quantitative estimate of drug-likeness (QED) is 0.932. The number of carbonyl (C=O) groups excluding carboxylic acids is 1. The molecule has 0 unspecified atom stereocenters. The van der Waals surface area contributed by atoms with Crippen LogP contribution in [0.15, 0.2) is 24.3 Å². The summed E-state index contributed by atoms with van der Waals surface area (Å²) >= 11 is 0. The smallest absolute Gasteiger partial charge is 0.306 e.